The molecule has 0 saturated heterocycles. The molecular weight excluding hydrogens is 169 g/mol. The van der Waals surface area contributed by atoms with Crippen molar-refractivity contribution >= 4 is 0 Å². The van der Waals surface area contributed by atoms with E-state index in [9.17, 15) is 4.39 Å². The van der Waals surface area contributed by atoms with Crippen LogP contribution in [0.15, 0.2) is 18.2 Å². The lowest BCUT2D eigenvalue weighted by Gasteiger charge is -2.10. The molecule has 3 heteroatoms. The van der Waals surface area contributed by atoms with E-state index in [0.29, 0.717) is 0 Å². The summed E-state index contributed by atoms with van der Waals surface area (Å²) in [5.74, 6) is -0.934. The Kier molecular flexibility index (Phi) is 3.25. The number of hydrogen-bond acceptors (Lipinski definition) is 2. The Balaban J connectivity index is 2.84. The van der Waals surface area contributed by atoms with E-state index in [0.717, 1.165) is 18.4 Å². The van der Waals surface area contributed by atoms with Crippen LogP contribution in [-0.2, 0) is 0 Å². The summed E-state index contributed by atoms with van der Waals surface area (Å²) in [5, 5.41) is 9.09. The van der Waals surface area contributed by atoms with Gasteiger partial charge in [-0.15, -0.1) is 0 Å². The standard InChI is InChI=1S/C10H14FNO/c1-2-3-9(12)7-4-5-8(11)10(13)6-7/h4-6,9,13H,2-3,12H2,1H3. The molecule has 0 bridgehead atoms. The van der Waals surface area contributed by atoms with Gasteiger partial charge in [0.25, 0.3) is 0 Å². The first-order valence-corrected chi connectivity index (χ1v) is 4.39. The van der Waals surface area contributed by atoms with Crippen LogP contribution in [0, 0.1) is 5.82 Å². The Morgan fingerprint density at radius 2 is 2.23 bits per heavy atom. The highest BCUT2D eigenvalue weighted by molar-refractivity contribution is 5.30. The third kappa shape index (κ3) is 2.42. The van der Waals surface area contributed by atoms with Crippen LogP contribution in [0.25, 0.3) is 0 Å². The van der Waals surface area contributed by atoms with Crippen molar-refractivity contribution in [2.45, 2.75) is 25.8 Å². The zero-order valence-electron chi connectivity index (χ0n) is 7.63. The van der Waals surface area contributed by atoms with Gasteiger partial charge in [0.15, 0.2) is 11.6 Å². The van der Waals surface area contributed by atoms with Gasteiger partial charge in [0.05, 0.1) is 0 Å². The topological polar surface area (TPSA) is 46.2 Å². The van der Waals surface area contributed by atoms with Crippen LogP contribution in [0.3, 0.4) is 0 Å². The quantitative estimate of drug-likeness (QED) is 0.755. The molecule has 0 aliphatic carbocycles. The minimum atomic E-state index is -0.604. The normalized spacial score (nSPS) is 12.8. The zero-order valence-corrected chi connectivity index (χ0v) is 7.63. The maximum absolute atomic E-state index is 12.7. The number of aromatic hydroxyl groups is 1. The highest BCUT2D eigenvalue weighted by Crippen LogP contribution is 2.22. The third-order valence-corrected chi connectivity index (χ3v) is 2.00. The van der Waals surface area contributed by atoms with Gasteiger partial charge in [0.2, 0.25) is 0 Å². The molecule has 3 N–H and O–H groups in total. The van der Waals surface area contributed by atoms with E-state index < -0.39 is 5.82 Å². The van der Waals surface area contributed by atoms with Crippen molar-refractivity contribution in [2.75, 3.05) is 0 Å². The summed E-state index contributed by atoms with van der Waals surface area (Å²) in [6.07, 6.45) is 1.81. The third-order valence-electron chi connectivity index (χ3n) is 2.00. The number of rotatable bonds is 3. The minimum Gasteiger partial charge on any atom is -0.505 e. The second-order valence-electron chi connectivity index (χ2n) is 3.11. The molecule has 1 unspecified atom stereocenters. The molecule has 0 aliphatic rings. The van der Waals surface area contributed by atoms with Crippen LogP contribution in [0.4, 0.5) is 4.39 Å². The summed E-state index contributed by atoms with van der Waals surface area (Å²) in [7, 11) is 0. The Morgan fingerprint density at radius 3 is 2.77 bits per heavy atom. The van der Waals surface area contributed by atoms with E-state index in [1.165, 1.54) is 12.1 Å². The number of phenols is 1. The summed E-state index contributed by atoms with van der Waals surface area (Å²) >= 11 is 0. The summed E-state index contributed by atoms with van der Waals surface area (Å²) < 4.78 is 12.7. The van der Waals surface area contributed by atoms with Gasteiger partial charge in [-0.1, -0.05) is 19.4 Å². The van der Waals surface area contributed by atoms with Crippen LogP contribution in [0.1, 0.15) is 31.4 Å². The highest BCUT2D eigenvalue weighted by Gasteiger charge is 2.07. The Bertz CT molecular complexity index is 288. The number of nitrogens with two attached hydrogens (primary N) is 1. The number of phenolic OH excluding ortho intramolecular Hbond substituents is 1. The van der Waals surface area contributed by atoms with Gasteiger partial charge in [0.1, 0.15) is 0 Å². The maximum Gasteiger partial charge on any atom is 0.164 e. The minimum absolute atomic E-state index is 0.114. The molecule has 1 aromatic carbocycles. The van der Waals surface area contributed by atoms with Crippen LogP contribution in [-0.4, -0.2) is 5.11 Å². The van der Waals surface area contributed by atoms with E-state index in [2.05, 4.69) is 0 Å². The van der Waals surface area contributed by atoms with E-state index in [-0.39, 0.29) is 11.8 Å². The Morgan fingerprint density at radius 1 is 1.54 bits per heavy atom. The average Bonchev–Trinajstić information content (AvgIpc) is 2.10. The molecule has 1 rings (SSSR count). The summed E-state index contributed by atoms with van der Waals surface area (Å²) in [6.45, 7) is 2.03. The van der Waals surface area contributed by atoms with Crippen molar-refractivity contribution < 1.29 is 9.50 Å². The SMILES string of the molecule is CCCC(N)c1ccc(F)c(O)c1. The number of benzene rings is 1. The smallest absolute Gasteiger partial charge is 0.164 e. The van der Waals surface area contributed by atoms with E-state index in [1.807, 2.05) is 6.92 Å². The van der Waals surface area contributed by atoms with E-state index in [4.69, 9.17) is 10.8 Å². The van der Waals surface area contributed by atoms with Gasteiger partial charge in [-0.05, 0) is 24.1 Å². The second-order valence-corrected chi connectivity index (χ2v) is 3.11. The number of halogens is 1. The van der Waals surface area contributed by atoms with Crippen molar-refractivity contribution in [3.63, 3.8) is 0 Å². The molecule has 72 valence electrons. The van der Waals surface area contributed by atoms with Gasteiger partial charge in [0, 0.05) is 6.04 Å². The van der Waals surface area contributed by atoms with Crippen molar-refractivity contribution in [1.82, 2.24) is 0 Å². The lowest BCUT2D eigenvalue weighted by atomic mass is 10.0. The van der Waals surface area contributed by atoms with Crippen molar-refractivity contribution in [3.8, 4) is 5.75 Å². The first kappa shape index (κ1) is 9.99. The molecule has 0 aromatic heterocycles. The van der Waals surface area contributed by atoms with Gasteiger partial charge in [-0.25, -0.2) is 4.39 Å². The first-order chi connectivity index (χ1) is 6.15. The molecule has 2 nitrogen and oxygen atoms in total. The van der Waals surface area contributed by atoms with Crippen LogP contribution in [0.2, 0.25) is 0 Å². The van der Waals surface area contributed by atoms with Gasteiger partial charge >= 0.3 is 0 Å². The zero-order chi connectivity index (χ0) is 9.84. The van der Waals surface area contributed by atoms with Crippen molar-refractivity contribution in [2.24, 2.45) is 5.73 Å². The van der Waals surface area contributed by atoms with Gasteiger partial charge in [-0.2, -0.15) is 0 Å². The monoisotopic (exact) mass is 183 g/mol. The molecule has 1 atom stereocenters. The predicted octanol–water partition coefficient (Wildman–Crippen LogP) is 2.33. The molecule has 0 fully saturated rings. The Hall–Kier alpha value is -1.09. The lowest BCUT2D eigenvalue weighted by molar-refractivity contribution is 0.430. The Labute approximate surface area is 77.2 Å². The molecule has 1 aromatic rings. The molecule has 0 amide bonds. The van der Waals surface area contributed by atoms with Crippen molar-refractivity contribution in [1.29, 1.82) is 0 Å². The van der Waals surface area contributed by atoms with Crippen LogP contribution < -0.4 is 5.73 Å². The maximum atomic E-state index is 12.7. The highest BCUT2D eigenvalue weighted by atomic mass is 19.1. The van der Waals surface area contributed by atoms with E-state index in [1.54, 1.807) is 6.07 Å². The molecule has 0 spiro atoms. The van der Waals surface area contributed by atoms with Crippen molar-refractivity contribution in [3.05, 3.63) is 29.6 Å². The summed E-state index contributed by atoms with van der Waals surface area (Å²) in [5.41, 5.74) is 6.57. The van der Waals surface area contributed by atoms with E-state index >= 15 is 0 Å². The first-order valence-electron chi connectivity index (χ1n) is 4.39. The average molecular weight is 183 g/mol. The summed E-state index contributed by atoms with van der Waals surface area (Å²) in [6, 6.07) is 4.11. The lowest BCUT2D eigenvalue weighted by Crippen LogP contribution is -2.09. The predicted molar refractivity (Wildman–Crippen MR) is 49.9 cm³/mol. The second kappa shape index (κ2) is 4.23. The fourth-order valence-electron chi connectivity index (χ4n) is 1.24. The molecule has 0 heterocycles. The van der Waals surface area contributed by atoms with Crippen LogP contribution >= 0.6 is 0 Å². The summed E-state index contributed by atoms with van der Waals surface area (Å²) in [4.78, 5) is 0. The fraction of sp³-hybridized carbons (Fsp3) is 0.400. The number of hydrogen-bond donors (Lipinski definition) is 2. The van der Waals surface area contributed by atoms with Crippen LogP contribution in [0.5, 0.6) is 5.75 Å². The van der Waals surface area contributed by atoms with Gasteiger partial charge in [-0.3, -0.25) is 0 Å². The van der Waals surface area contributed by atoms with Gasteiger partial charge < -0.3 is 10.8 Å². The molecule has 0 saturated carbocycles. The fourth-order valence-corrected chi connectivity index (χ4v) is 1.24. The largest absolute Gasteiger partial charge is 0.505 e. The molecule has 0 radical (unpaired) electrons. The molecular formula is C10H14FNO. The molecule has 0 aliphatic heterocycles. The molecule has 13 heavy (non-hydrogen) atoms.